The maximum Gasteiger partial charge on any atom is 0.416 e. The van der Waals surface area contributed by atoms with Crippen molar-refractivity contribution in [3.8, 4) is 11.5 Å². The first kappa shape index (κ1) is 26.2. The average molecular weight is 603 g/mol. The fraction of sp³-hybridized carbons (Fsp3) is 0.182. The largest absolute Gasteiger partial charge is 0.493 e. The molecule has 1 aliphatic heterocycles. The number of rotatable bonds is 4. The number of fused-ring (bicyclic) bond motifs is 1. The quantitative estimate of drug-likeness (QED) is 0.142. The molecule has 1 aliphatic rings. The van der Waals surface area contributed by atoms with Gasteiger partial charge in [-0.25, -0.2) is 13.2 Å². The summed E-state index contributed by atoms with van der Waals surface area (Å²) in [4.78, 5) is -0.725. The summed E-state index contributed by atoms with van der Waals surface area (Å²) in [7, 11) is -5.10. The van der Waals surface area contributed by atoms with E-state index < -0.39 is 67.5 Å². The van der Waals surface area contributed by atoms with Gasteiger partial charge in [0.25, 0.3) is 0 Å². The van der Waals surface area contributed by atoms with Crippen molar-refractivity contribution < 1.29 is 52.5 Å². The molecule has 0 aliphatic carbocycles. The fourth-order valence-electron chi connectivity index (χ4n) is 3.65. The zero-order valence-electron chi connectivity index (χ0n) is 17.4. The number of hydrogen-bond donors (Lipinski definition) is 0. The van der Waals surface area contributed by atoms with E-state index in [0.29, 0.717) is 17.5 Å². The van der Waals surface area contributed by atoms with Gasteiger partial charge in [0.15, 0.2) is 0 Å². The van der Waals surface area contributed by atoms with E-state index >= 15 is 0 Å². The van der Waals surface area contributed by atoms with Crippen molar-refractivity contribution in [2.24, 2.45) is 0 Å². The van der Waals surface area contributed by atoms with Gasteiger partial charge in [0.05, 0.1) is 12.2 Å². The number of ether oxygens (including phenoxy) is 1. The van der Waals surface area contributed by atoms with Crippen LogP contribution in [0.1, 0.15) is 29.0 Å². The third kappa shape index (κ3) is 4.63. The maximum atomic E-state index is 13.9. The van der Waals surface area contributed by atoms with Crippen LogP contribution in [0.15, 0.2) is 45.8 Å². The molecule has 0 amide bonds. The minimum Gasteiger partial charge on any atom is -0.493 e. The maximum absolute atomic E-state index is 13.9. The Morgan fingerprint density at radius 3 is 2.03 bits per heavy atom. The Morgan fingerprint density at radius 2 is 1.44 bits per heavy atom. The number of alkyl halides is 3. The van der Waals surface area contributed by atoms with E-state index in [9.17, 15) is 43.5 Å². The molecule has 0 aromatic heterocycles. The number of hydrogen-bond acceptors (Lipinski definition) is 4. The highest BCUT2D eigenvalue weighted by Crippen LogP contribution is 2.43. The van der Waals surface area contributed by atoms with Gasteiger partial charge in [-0.3, -0.25) is 0 Å². The molecule has 192 valence electrons. The van der Waals surface area contributed by atoms with Crippen molar-refractivity contribution in [3.63, 3.8) is 0 Å². The highest BCUT2D eigenvalue weighted by Gasteiger charge is 2.34. The van der Waals surface area contributed by atoms with Crippen LogP contribution in [0.2, 0.25) is 0 Å². The van der Waals surface area contributed by atoms with Crippen molar-refractivity contribution in [2.75, 3.05) is 6.61 Å². The van der Waals surface area contributed by atoms with Gasteiger partial charge in [0.2, 0.25) is 34.8 Å². The molecule has 0 bridgehead atoms. The van der Waals surface area contributed by atoms with Crippen LogP contribution in [0.25, 0.3) is 0 Å². The first-order valence-corrected chi connectivity index (χ1v) is 12.0. The molecule has 4 rings (SSSR count). The third-order valence-corrected chi connectivity index (χ3v) is 7.28. The van der Waals surface area contributed by atoms with Crippen LogP contribution in [0, 0.1) is 29.1 Å². The first-order chi connectivity index (χ1) is 16.7. The third-order valence-electron chi connectivity index (χ3n) is 5.38. The second-order valence-corrected chi connectivity index (χ2v) is 9.96. The molecule has 4 nitrogen and oxygen atoms in total. The molecule has 1 heterocycles. The fourth-order valence-corrected chi connectivity index (χ4v) is 5.25. The Labute approximate surface area is 206 Å². The highest BCUT2D eigenvalue weighted by molar-refractivity contribution is 9.10. The van der Waals surface area contributed by atoms with Crippen LogP contribution in [0.4, 0.5) is 35.1 Å². The lowest BCUT2D eigenvalue weighted by molar-refractivity contribution is -0.137. The van der Waals surface area contributed by atoms with Crippen LogP contribution in [-0.2, 0) is 16.3 Å². The smallest absolute Gasteiger partial charge is 0.416 e. The molecule has 0 spiro atoms. The van der Waals surface area contributed by atoms with Gasteiger partial charge >= 0.3 is 16.3 Å². The van der Waals surface area contributed by atoms with Crippen molar-refractivity contribution >= 4 is 26.0 Å². The minimum absolute atomic E-state index is 0.0277. The van der Waals surface area contributed by atoms with E-state index in [1.54, 1.807) is 0 Å². The minimum atomic E-state index is -5.10. The van der Waals surface area contributed by atoms with Crippen LogP contribution in [0.5, 0.6) is 11.5 Å². The standard InChI is InChI=1S/C22H11BrF8O4S/c23-14-7-9(22(29,30)31)1-3-12(14)11-5-6-34-15-8-10(2-4-13(11)15)36(32,33)35-21-19(27)17(25)16(24)18(26)20(21)28/h1-4,7-8,11H,5-6H2/t11-/m0/s1. The molecule has 14 heteroatoms. The van der Waals surface area contributed by atoms with Crippen molar-refractivity contribution in [3.05, 3.63) is 86.6 Å². The second-order valence-electron chi connectivity index (χ2n) is 7.56. The predicted octanol–water partition coefficient (Wildman–Crippen LogP) is 6.85. The second kappa shape index (κ2) is 9.21. The summed E-state index contributed by atoms with van der Waals surface area (Å²) >= 11 is 3.12. The SMILES string of the molecule is O=S(=O)(Oc1c(F)c(F)c(F)c(F)c1F)c1ccc2c(c1)OCC[C@H]2c1ccc(C(F)(F)F)cc1Br. The summed E-state index contributed by atoms with van der Waals surface area (Å²) in [5.74, 6) is -14.8. The van der Waals surface area contributed by atoms with Crippen molar-refractivity contribution in [2.45, 2.75) is 23.4 Å². The van der Waals surface area contributed by atoms with Gasteiger partial charge < -0.3 is 8.92 Å². The van der Waals surface area contributed by atoms with Crippen molar-refractivity contribution in [1.82, 2.24) is 0 Å². The molecule has 0 N–H and O–H groups in total. The van der Waals surface area contributed by atoms with Crippen LogP contribution in [0.3, 0.4) is 0 Å². The van der Waals surface area contributed by atoms with Gasteiger partial charge in [-0.2, -0.15) is 30.4 Å². The molecule has 3 aromatic rings. The first-order valence-electron chi connectivity index (χ1n) is 9.81. The summed E-state index contributed by atoms with van der Waals surface area (Å²) in [5.41, 5.74) is -0.0326. The highest BCUT2D eigenvalue weighted by atomic mass is 79.9. The monoisotopic (exact) mass is 602 g/mol. The summed E-state index contributed by atoms with van der Waals surface area (Å²) in [6.45, 7) is 0.0348. The molecule has 0 saturated carbocycles. The Hall–Kier alpha value is -2.87. The molecule has 0 fully saturated rings. The van der Waals surface area contributed by atoms with Crippen LogP contribution in [-0.4, -0.2) is 15.0 Å². The predicted molar refractivity (Wildman–Crippen MR) is 112 cm³/mol. The molecule has 0 unspecified atom stereocenters. The molecule has 3 aromatic carbocycles. The van der Waals surface area contributed by atoms with E-state index in [1.165, 1.54) is 12.1 Å². The van der Waals surface area contributed by atoms with E-state index in [4.69, 9.17) is 4.74 Å². The Kier molecular flexibility index (Phi) is 6.71. The van der Waals surface area contributed by atoms with Gasteiger partial charge in [-0.15, -0.1) is 0 Å². The lowest BCUT2D eigenvalue weighted by Gasteiger charge is -2.27. The lowest BCUT2D eigenvalue weighted by atomic mass is 9.86. The number of benzene rings is 3. The molecular formula is C22H11BrF8O4S. The summed E-state index contributed by atoms with van der Waals surface area (Å²) in [5, 5.41) is 0. The van der Waals surface area contributed by atoms with Gasteiger partial charge in [0, 0.05) is 22.0 Å². The van der Waals surface area contributed by atoms with E-state index in [2.05, 4.69) is 20.1 Å². The molecule has 0 radical (unpaired) electrons. The number of halogens is 9. The van der Waals surface area contributed by atoms with E-state index in [0.717, 1.165) is 24.3 Å². The Balaban J connectivity index is 1.70. The van der Waals surface area contributed by atoms with Crippen LogP contribution < -0.4 is 8.92 Å². The normalized spacial score (nSPS) is 15.9. The van der Waals surface area contributed by atoms with E-state index in [-0.39, 0.29) is 16.8 Å². The zero-order chi connectivity index (χ0) is 26.6. The van der Waals surface area contributed by atoms with Crippen LogP contribution >= 0.6 is 15.9 Å². The van der Waals surface area contributed by atoms with Gasteiger partial charge in [0.1, 0.15) is 10.6 Å². The molecule has 0 saturated heterocycles. The molecular weight excluding hydrogens is 592 g/mol. The molecule has 1 atom stereocenters. The Bertz CT molecular complexity index is 1440. The van der Waals surface area contributed by atoms with Crippen molar-refractivity contribution in [1.29, 1.82) is 0 Å². The van der Waals surface area contributed by atoms with Gasteiger partial charge in [-0.1, -0.05) is 28.1 Å². The molecule has 36 heavy (non-hydrogen) atoms. The topological polar surface area (TPSA) is 52.6 Å². The zero-order valence-corrected chi connectivity index (χ0v) is 19.8. The average Bonchev–Trinajstić information content (AvgIpc) is 2.83. The summed E-state index contributed by atoms with van der Waals surface area (Å²) < 4.78 is 142. The van der Waals surface area contributed by atoms with E-state index in [1.807, 2.05) is 0 Å². The summed E-state index contributed by atoms with van der Waals surface area (Å²) in [6, 6.07) is 6.18. The van der Waals surface area contributed by atoms with Gasteiger partial charge in [-0.05, 0) is 30.2 Å². The lowest BCUT2D eigenvalue weighted by Crippen LogP contribution is -2.18. The Morgan fingerprint density at radius 1 is 0.861 bits per heavy atom. The summed E-state index contributed by atoms with van der Waals surface area (Å²) in [6.07, 6.45) is -4.24.